The van der Waals surface area contributed by atoms with E-state index in [2.05, 4.69) is 52.6 Å². The van der Waals surface area contributed by atoms with Crippen molar-refractivity contribution in [3.05, 3.63) is 72.1 Å². The average molecular weight is 290 g/mol. The van der Waals surface area contributed by atoms with Crippen LogP contribution < -0.4 is 10.6 Å². The fraction of sp³-hybridized carbons (Fsp3) is 0.111. The minimum absolute atomic E-state index is 0.759. The van der Waals surface area contributed by atoms with E-state index in [1.807, 2.05) is 36.4 Å². The number of benzene rings is 2. The summed E-state index contributed by atoms with van der Waals surface area (Å²) >= 11 is 0. The van der Waals surface area contributed by atoms with E-state index in [9.17, 15) is 0 Å². The largest absolute Gasteiger partial charge is 0.340 e. The topological polar surface area (TPSA) is 49.8 Å². The number of anilines is 4. The van der Waals surface area contributed by atoms with Gasteiger partial charge in [0.15, 0.2) is 0 Å². The number of rotatable bonds is 4. The molecule has 0 bridgehead atoms. The normalized spacial score (nSPS) is 10.3. The zero-order valence-corrected chi connectivity index (χ0v) is 12.7. The van der Waals surface area contributed by atoms with Gasteiger partial charge in [-0.1, -0.05) is 36.4 Å². The molecule has 3 aromatic rings. The zero-order valence-electron chi connectivity index (χ0n) is 12.7. The van der Waals surface area contributed by atoms with Crippen LogP contribution >= 0.6 is 0 Å². The number of aryl methyl sites for hydroxylation is 2. The van der Waals surface area contributed by atoms with Crippen molar-refractivity contribution in [2.75, 3.05) is 10.6 Å². The van der Waals surface area contributed by atoms with Crippen molar-refractivity contribution in [1.82, 2.24) is 9.97 Å². The molecule has 0 aliphatic heterocycles. The molecule has 0 atom stereocenters. The first-order valence-corrected chi connectivity index (χ1v) is 7.20. The van der Waals surface area contributed by atoms with Crippen LogP contribution in [0.3, 0.4) is 0 Å². The minimum Gasteiger partial charge on any atom is -0.340 e. The maximum absolute atomic E-state index is 4.30. The van der Waals surface area contributed by atoms with Crippen LogP contribution in [0.1, 0.15) is 11.1 Å². The quantitative estimate of drug-likeness (QED) is 0.738. The lowest BCUT2D eigenvalue weighted by molar-refractivity contribution is 1.16. The van der Waals surface area contributed by atoms with Gasteiger partial charge in [0, 0.05) is 17.4 Å². The Bertz CT molecular complexity index is 749. The van der Waals surface area contributed by atoms with E-state index in [1.165, 1.54) is 11.1 Å². The number of nitrogens with one attached hydrogen (secondary N) is 2. The number of para-hydroxylation sites is 2. The molecule has 22 heavy (non-hydrogen) atoms. The number of hydrogen-bond acceptors (Lipinski definition) is 4. The summed E-state index contributed by atoms with van der Waals surface area (Å²) in [4.78, 5) is 8.56. The van der Waals surface area contributed by atoms with Crippen LogP contribution in [0.5, 0.6) is 0 Å². The fourth-order valence-electron chi connectivity index (χ4n) is 2.30. The first-order chi connectivity index (χ1) is 10.7. The molecule has 0 amide bonds. The molecule has 110 valence electrons. The van der Waals surface area contributed by atoms with Gasteiger partial charge in [0.1, 0.15) is 18.0 Å². The molecule has 0 saturated heterocycles. The molecule has 0 unspecified atom stereocenters. The van der Waals surface area contributed by atoms with Gasteiger partial charge in [-0.3, -0.25) is 0 Å². The summed E-state index contributed by atoms with van der Waals surface area (Å²) in [5.41, 5.74) is 4.47. The van der Waals surface area contributed by atoms with Gasteiger partial charge in [0.05, 0.1) is 0 Å². The van der Waals surface area contributed by atoms with Crippen LogP contribution in [0, 0.1) is 13.8 Å². The average Bonchev–Trinajstić information content (AvgIpc) is 2.53. The fourth-order valence-corrected chi connectivity index (χ4v) is 2.30. The third kappa shape index (κ3) is 3.23. The highest BCUT2D eigenvalue weighted by molar-refractivity contribution is 5.67. The molecule has 3 rings (SSSR count). The molecular weight excluding hydrogens is 272 g/mol. The van der Waals surface area contributed by atoms with Gasteiger partial charge < -0.3 is 10.6 Å². The second kappa shape index (κ2) is 6.26. The highest BCUT2D eigenvalue weighted by Gasteiger charge is 2.04. The summed E-state index contributed by atoms with van der Waals surface area (Å²) in [6, 6.07) is 18.1. The van der Waals surface area contributed by atoms with Crippen molar-refractivity contribution in [3.8, 4) is 0 Å². The van der Waals surface area contributed by atoms with E-state index < -0.39 is 0 Å². The van der Waals surface area contributed by atoms with E-state index in [0.717, 1.165) is 23.0 Å². The monoisotopic (exact) mass is 290 g/mol. The van der Waals surface area contributed by atoms with Crippen LogP contribution in [-0.4, -0.2) is 9.97 Å². The SMILES string of the molecule is Cc1cccc(C)c1Nc1cc(Nc2ccccc2)ncn1. The van der Waals surface area contributed by atoms with E-state index in [0.29, 0.717) is 0 Å². The summed E-state index contributed by atoms with van der Waals surface area (Å²) in [6.45, 7) is 4.17. The molecule has 0 saturated carbocycles. The van der Waals surface area contributed by atoms with E-state index in [1.54, 1.807) is 6.33 Å². The summed E-state index contributed by atoms with van der Waals surface area (Å²) < 4.78 is 0. The Hall–Kier alpha value is -2.88. The zero-order chi connectivity index (χ0) is 15.4. The van der Waals surface area contributed by atoms with Crippen LogP contribution in [-0.2, 0) is 0 Å². The molecule has 1 aromatic heterocycles. The predicted molar refractivity (Wildman–Crippen MR) is 91.0 cm³/mol. The predicted octanol–water partition coefficient (Wildman–Crippen LogP) is 4.58. The van der Waals surface area contributed by atoms with E-state index in [4.69, 9.17) is 0 Å². The Morgan fingerprint density at radius 2 is 1.36 bits per heavy atom. The molecule has 1 heterocycles. The Morgan fingerprint density at radius 3 is 2.05 bits per heavy atom. The van der Waals surface area contributed by atoms with Crippen molar-refractivity contribution in [1.29, 1.82) is 0 Å². The summed E-state index contributed by atoms with van der Waals surface area (Å²) in [6.07, 6.45) is 1.56. The third-order valence-corrected chi connectivity index (χ3v) is 3.45. The highest BCUT2D eigenvalue weighted by Crippen LogP contribution is 2.24. The number of aromatic nitrogens is 2. The van der Waals surface area contributed by atoms with Crippen molar-refractivity contribution < 1.29 is 0 Å². The summed E-state index contributed by atoms with van der Waals surface area (Å²) in [5.74, 6) is 1.53. The molecule has 0 spiro atoms. The molecule has 0 aliphatic carbocycles. The van der Waals surface area contributed by atoms with Gasteiger partial charge in [-0.25, -0.2) is 9.97 Å². The minimum atomic E-state index is 0.759. The molecule has 0 radical (unpaired) electrons. The molecular formula is C18H18N4. The number of hydrogen-bond donors (Lipinski definition) is 2. The Morgan fingerprint density at radius 1 is 0.727 bits per heavy atom. The van der Waals surface area contributed by atoms with Crippen LogP contribution in [0.4, 0.5) is 23.0 Å². The van der Waals surface area contributed by atoms with Gasteiger partial charge in [-0.15, -0.1) is 0 Å². The second-order valence-electron chi connectivity index (χ2n) is 5.17. The smallest absolute Gasteiger partial charge is 0.135 e. The lowest BCUT2D eigenvalue weighted by Crippen LogP contribution is -2.00. The molecule has 0 aliphatic rings. The lowest BCUT2D eigenvalue weighted by atomic mass is 10.1. The summed E-state index contributed by atoms with van der Waals surface area (Å²) in [7, 11) is 0. The molecule has 4 heteroatoms. The molecule has 2 N–H and O–H groups in total. The highest BCUT2D eigenvalue weighted by atomic mass is 15.1. The second-order valence-corrected chi connectivity index (χ2v) is 5.17. The van der Waals surface area contributed by atoms with Gasteiger partial charge in [-0.2, -0.15) is 0 Å². The third-order valence-electron chi connectivity index (χ3n) is 3.45. The summed E-state index contributed by atoms with van der Waals surface area (Å²) in [5, 5.41) is 6.64. The van der Waals surface area contributed by atoms with Crippen LogP contribution in [0.2, 0.25) is 0 Å². The van der Waals surface area contributed by atoms with Crippen LogP contribution in [0.25, 0.3) is 0 Å². The van der Waals surface area contributed by atoms with Gasteiger partial charge in [0.25, 0.3) is 0 Å². The first-order valence-electron chi connectivity index (χ1n) is 7.20. The Labute approximate surface area is 130 Å². The Balaban J connectivity index is 1.82. The number of nitrogens with zero attached hydrogens (tertiary/aromatic N) is 2. The van der Waals surface area contributed by atoms with E-state index in [-0.39, 0.29) is 0 Å². The van der Waals surface area contributed by atoms with Crippen molar-refractivity contribution in [2.45, 2.75) is 13.8 Å². The maximum atomic E-state index is 4.30. The Kier molecular flexibility index (Phi) is 4.01. The van der Waals surface area contributed by atoms with Crippen LogP contribution in [0.15, 0.2) is 60.9 Å². The molecule has 4 nitrogen and oxygen atoms in total. The lowest BCUT2D eigenvalue weighted by Gasteiger charge is -2.12. The van der Waals surface area contributed by atoms with Gasteiger partial charge >= 0.3 is 0 Å². The standard InChI is InChI=1S/C18H18N4/c1-13-7-6-8-14(2)18(13)22-17-11-16(19-12-20-17)21-15-9-4-3-5-10-15/h3-12H,1-2H3,(H2,19,20,21,22). The van der Waals surface area contributed by atoms with Crippen molar-refractivity contribution >= 4 is 23.0 Å². The van der Waals surface area contributed by atoms with Crippen molar-refractivity contribution in [2.24, 2.45) is 0 Å². The molecule has 0 fully saturated rings. The van der Waals surface area contributed by atoms with Gasteiger partial charge in [-0.05, 0) is 37.1 Å². The maximum Gasteiger partial charge on any atom is 0.135 e. The molecule has 2 aromatic carbocycles. The van der Waals surface area contributed by atoms with Gasteiger partial charge in [0.2, 0.25) is 0 Å². The van der Waals surface area contributed by atoms with Crippen molar-refractivity contribution in [3.63, 3.8) is 0 Å². The van der Waals surface area contributed by atoms with E-state index >= 15 is 0 Å². The first kappa shape index (κ1) is 14.1.